The van der Waals surface area contributed by atoms with Gasteiger partial charge in [0.1, 0.15) is 11.2 Å². The number of rotatable bonds is 3. The van der Waals surface area contributed by atoms with Gasteiger partial charge in [0.2, 0.25) is 5.65 Å². The molecule has 0 fully saturated rings. The third kappa shape index (κ3) is 2.04. The molecule has 0 unspecified atom stereocenters. The van der Waals surface area contributed by atoms with Gasteiger partial charge >= 0.3 is 0 Å². The first-order valence-electron chi connectivity index (χ1n) is 5.20. The molecule has 0 bridgehead atoms. The van der Waals surface area contributed by atoms with Crippen molar-refractivity contribution in [3.63, 3.8) is 0 Å². The fourth-order valence-electron chi connectivity index (χ4n) is 1.39. The Kier molecular flexibility index (Phi) is 2.49. The zero-order valence-corrected chi connectivity index (χ0v) is 9.46. The van der Waals surface area contributed by atoms with Crippen LogP contribution in [0.1, 0.15) is 10.5 Å². The third-order valence-corrected chi connectivity index (χ3v) is 2.24. The topological polar surface area (TPSA) is 122 Å². The molecule has 0 aliphatic rings. The van der Waals surface area contributed by atoms with Crippen molar-refractivity contribution in [2.24, 2.45) is 5.73 Å². The van der Waals surface area contributed by atoms with Crippen molar-refractivity contribution in [3.05, 3.63) is 36.4 Å². The third-order valence-electron chi connectivity index (χ3n) is 2.24. The number of aromatic nitrogens is 6. The summed E-state index contributed by atoms with van der Waals surface area (Å²) in [6.45, 7) is 0. The minimum atomic E-state index is -0.660. The summed E-state index contributed by atoms with van der Waals surface area (Å²) in [4.78, 5) is 29.0. The number of hydrogen-bond donors (Lipinski definition) is 1. The van der Waals surface area contributed by atoms with Gasteiger partial charge in [-0.2, -0.15) is 0 Å². The number of amides is 1. The summed E-state index contributed by atoms with van der Waals surface area (Å²) in [6, 6.07) is 3.49. The van der Waals surface area contributed by atoms with Crippen molar-refractivity contribution >= 4 is 17.1 Å². The van der Waals surface area contributed by atoms with Crippen LogP contribution >= 0.6 is 0 Å². The number of carbonyl (C=O) groups excluding carboxylic acids is 1. The molecule has 0 saturated heterocycles. The van der Waals surface area contributed by atoms with E-state index in [1.165, 1.54) is 12.4 Å². The van der Waals surface area contributed by atoms with E-state index < -0.39 is 5.91 Å². The molecule has 3 rings (SSSR count). The number of pyridine rings is 1. The Hall–Kier alpha value is -3.10. The molecule has 0 aliphatic heterocycles. The smallest absolute Gasteiger partial charge is 0.268 e. The molecule has 3 aromatic rings. The molecular formula is C10H7N7O2. The fraction of sp³-hybridized carbons (Fsp3) is 0. The van der Waals surface area contributed by atoms with E-state index in [-0.39, 0.29) is 11.6 Å². The summed E-state index contributed by atoms with van der Waals surface area (Å²) in [6.07, 6.45) is 4.06. The van der Waals surface area contributed by atoms with Crippen molar-refractivity contribution < 1.29 is 9.63 Å². The van der Waals surface area contributed by atoms with Crippen LogP contribution in [0, 0.1) is 0 Å². The molecule has 9 heteroatoms. The Balaban J connectivity index is 1.90. The van der Waals surface area contributed by atoms with E-state index in [0.29, 0.717) is 11.2 Å². The lowest BCUT2D eigenvalue weighted by Gasteiger charge is -2.02. The maximum Gasteiger partial charge on any atom is 0.268 e. The molecule has 9 nitrogen and oxygen atoms in total. The second kappa shape index (κ2) is 4.29. The van der Waals surface area contributed by atoms with E-state index in [2.05, 4.69) is 25.3 Å². The van der Waals surface area contributed by atoms with Crippen LogP contribution in [0.25, 0.3) is 11.2 Å². The van der Waals surface area contributed by atoms with Crippen LogP contribution in [-0.2, 0) is 0 Å². The summed E-state index contributed by atoms with van der Waals surface area (Å²) in [5, 5.41) is 7.63. The molecule has 0 aromatic carbocycles. The number of primary amides is 1. The van der Waals surface area contributed by atoms with Gasteiger partial charge in [-0.05, 0) is 17.3 Å². The SMILES string of the molecule is NC(=O)c1cnc(On2nnc3cccnc32)cn1. The van der Waals surface area contributed by atoms with E-state index >= 15 is 0 Å². The molecule has 94 valence electrons. The largest absolute Gasteiger partial charge is 0.364 e. The highest BCUT2D eigenvalue weighted by Gasteiger charge is 2.09. The molecule has 0 saturated carbocycles. The average Bonchev–Trinajstić information content (AvgIpc) is 2.83. The van der Waals surface area contributed by atoms with E-state index in [0.717, 1.165) is 4.85 Å². The fourth-order valence-corrected chi connectivity index (χ4v) is 1.39. The molecule has 2 N–H and O–H groups in total. The van der Waals surface area contributed by atoms with Gasteiger partial charge in [-0.25, -0.2) is 15.0 Å². The highest BCUT2D eigenvalue weighted by Crippen LogP contribution is 2.09. The Morgan fingerprint density at radius 3 is 2.89 bits per heavy atom. The molecule has 0 aliphatic carbocycles. The number of hydrogen-bond acceptors (Lipinski definition) is 7. The molecule has 0 spiro atoms. The van der Waals surface area contributed by atoms with Gasteiger partial charge in [-0.3, -0.25) is 4.79 Å². The van der Waals surface area contributed by atoms with E-state index in [1.54, 1.807) is 18.3 Å². The first-order valence-corrected chi connectivity index (χ1v) is 5.20. The summed E-state index contributed by atoms with van der Waals surface area (Å²) in [5.41, 5.74) is 6.14. The van der Waals surface area contributed by atoms with Gasteiger partial charge < -0.3 is 10.6 Å². The van der Waals surface area contributed by atoms with Crippen LogP contribution in [0.2, 0.25) is 0 Å². The van der Waals surface area contributed by atoms with Crippen molar-refractivity contribution in [2.75, 3.05) is 0 Å². The van der Waals surface area contributed by atoms with Gasteiger partial charge in [0.15, 0.2) is 0 Å². The lowest BCUT2D eigenvalue weighted by Crippen LogP contribution is -2.14. The minimum absolute atomic E-state index is 0.0499. The van der Waals surface area contributed by atoms with E-state index in [9.17, 15) is 4.79 Å². The van der Waals surface area contributed by atoms with E-state index in [4.69, 9.17) is 10.6 Å². The van der Waals surface area contributed by atoms with E-state index in [1.807, 2.05) is 0 Å². The predicted molar refractivity (Wildman–Crippen MR) is 61.9 cm³/mol. The van der Waals surface area contributed by atoms with Gasteiger partial charge in [-0.15, -0.1) is 5.10 Å². The molecule has 0 atom stereocenters. The molecule has 0 radical (unpaired) electrons. The highest BCUT2D eigenvalue weighted by atomic mass is 16.7. The van der Waals surface area contributed by atoms with Crippen LogP contribution in [-0.4, -0.2) is 36.0 Å². The molecule has 19 heavy (non-hydrogen) atoms. The summed E-state index contributed by atoms with van der Waals surface area (Å²) < 4.78 is 0. The standard InChI is InChI=1S/C10H7N7O2/c11-9(18)7-4-14-8(5-13-7)19-17-10-6(15-16-17)2-1-3-12-10/h1-5H,(H2,11,18). The Morgan fingerprint density at radius 2 is 2.16 bits per heavy atom. The predicted octanol–water partition coefficient (Wildman–Crippen LogP) is -0.443. The van der Waals surface area contributed by atoms with Crippen LogP contribution in [0.15, 0.2) is 30.7 Å². The van der Waals surface area contributed by atoms with Crippen LogP contribution in [0.5, 0.6) is 5.88 Å². The maximum absolute atomic E-state index is 10.8. The molecular weight excluding hydrogens is 250 g/mol. The molecule has 3 heterocycles. The number of nitrogens with two attached hydrogens (primary N) is 1. The van der Waals surface area contributed by atoms with Crippen molar-refractivity contribution in [3.8, 4) is 5.88 Å². The van der Waals surface area contributed by atoms with Crippen molar-refractivity contribution in [2.45, 2.75) is 0 Å². The number of nitrogens with zero attached hydrogens (tertiary/aromatic N) is 6. The van der Waals surface area contributed by atoms with Gasteiger partial charge in [0, 0.05) is 6.20 Å². The summed E-state index contributed by atoms with van der Waals surface area (Å²) in [7, 11) is 0. The molecule has 3 aromatic heterocycles. The second-order valence-electron chi connectivity index (χ2n) is 3.50. The first-order chi connectivity index (χ1) is 9.24. The summed E-state index contributed by atoms with van der Waals surface area (Å²) in [5.74, 6) is -0.519. The zero-order chi connectivity index (χ0) is 13.2. The second-order valence-corrected chi connectivity index (χ2v) is 3.50. The minimum Gasteiger partial charge on any atom is -0.364 e. The quantitative estimate of drug-likeness (QED) is 0.674. The van der Waals surface area contributed by atoms with Gasteiger partial charge in [0.25, 0.3) is 11.8 Å². The van der Waals surface area contributed by atoms with Crippen LogP contribution in [0.3, 0.4) is 0 Å². The normalized spacial score (nSPS) is 10.5. The van der Waals surface area contributed by atoms with Gasteiger partial charge in [0.05, 0.1) is 12.4 Å². The Bertz CT molecular complexity index is 737. The molecule has 1 amide bonds. The monoisotopic (exact) mass is 257 g/mol. The Morgan fingerprint density at radius 1 is 1.26 bits per heavy atom. The number of carbonyl (C=O) groups is 1. The van der Waals surface area contributed by atoms with Crippen LogP contribution < -0.4 is 10.6 Å². The zero-order valence-electron chi connectivity index (χ0n) is 9.46. The first kappa shape index (κ1) is 11.0. The Labute approximate surface area is 106 Å². The maximum atomic E-state index is 10.8. The average molecular weight is 257 g/mol. The van der Waals surface area contributed by atoms with Crippen LogP contribution in [0.4, 0.5) is 0 Å². The lowest BCUT2D eigenvalue weighted by molar-refractivity contribution is 0.0994. The highest BCUT2D eigenvalue weighted by molar-refractivity contribution is 5.90. The van der Waals surface area contributed by atoms with Crippen molar-refractivity contribution in [1.82, 2.24) is 30.1 Å². The van der Waals surface area contributed by atoms with Gasteiger partial charge in [-0.1, -0.05) is 4.85 Å². The van der Waals surface area contributed by atoms with Crippen molar-refractivity contribution in [1.29, 1.82) is 0 Å². The summed E-state index contributed by atoms with van der Waals surface area (Å²) >= 11 is 0. The lowest BCUT2D eigenvalue weighted by atomic mass is 10.4. The number of fused-ring (bicyclic) bond motifs is 1.